The third kappa shape index (κ3) is 3.39. The van der Waals surface area contributed by atoms with Crippen molar-refractivity contribution < 1.29 is 17.7 Å². The molecule has 14 heavy (non-hydrogen) atoms. The molecule has 0 heterocycles. The van der Waals surface area contributed by atoms with Crippen molar-refractivity contribution >= 4 is 6.98 Å². The first-order valence-corrected chi connectivity index (χ1v) is 3.85. The molecular weight excluding hydrogens is 194 g/mol. The summed E-state index contributed by atoms with van der Waals surface area (Å²) in [6.07, 6.45) is 0. The first-order valence-electron chi connectivity index (χ1n) is 3.85. The summed E-state index contributed by atoms with van der Waals surface area (Å²) >= 11 is 0. The highest BCUT2D eigenvalue weighted by molar-refractivity contribution is 6.58. The minimum Gasteiger partial charge on any atom is -0.522 e. The van der Waals surface area contributed by atoms with Crippen LogP contribution in [0.3, 0.4) is 0 Å². The fourth-order valence-electron chi connectivity index (χ4n) is 0.816. The van der Waals surface area contributed by atoms with E-state index in [1.165, 1.54) is 24.3 Å². The van der Waals surface area contributed by atoms with Gasteiger partial charge in [-0.15, -0.1) is 0 Å². The summed E-state index contributed by atoms with van der Waals surface area (Å²) in [6, 6.07) is 7.32. The quantitative estimate of drug-likeness (QED) is 0.701. The molecule has 0 bridgehead atoms. The van der Waals surface area contributed by atoms with Crippen LogP contribution in [0.5, 0.6) is 5.75 Å². The van der Waals surface area contributed by atoms with Crippen LogP contribution in [0.4, 0.5) is 12.9 Å². The van der Waals surface area contributed by atoms with E-state index in [2.05, 4.69) is 4.74 Å². The molecule has 0 atom stereocenters. The highest BCUT2D eigenvalue weighted by atomic mass is 19.4. The Labute approximate surface area is 79.0 Å². The van der Waals surface area contributed by atoms with E-state index in [9.17, 15) is 12.9 Å². The van der Waals surface area contributed by atoms with Gasteiger partial charge < -0.3 is 17.7 Å². The molecule has 0 aliphatic carbocycles. The number of ether oxygens (including phenoxy) is 1. The van der Waals surface area contributed by atoms with Gasteiger partial charge in [-0.1, -0.05) is 0 Å². The van der Waals surface area contributed by atoms with Crippen molar-refractivity contribution in [2.45, 2.75) is 0 Å². The molecule has 2 nitrogen and oxygen atoms in total. The van der Waals surface area contributed by atoms with Gasteiger partial charge in [0.2, 0.25) is 0 Å². The average molecular weight is 200 g/mol. The van der Waals surface area contributed by atoms with Crippen LogP contribution in [-0.2, 0) is 0 Å². The molecule has 0 spiro atoms. The van der Waals surface area contributed by atoms with Gasteiger partial charge in [0.15, 0.2) is 0 Å². The van der Waals surface area contributed by atoms with Gasteiger partial charge in [0.25, 0.3) is 0 Å². The molecule has 6 heteroatoms. The van der Waals surface area contributed by atoms with Crippen LogP contribution in [-0.4, -0.2) is 13.5 Å². The maximum absolute atomic E-state index is 11.8. The maximum Gasteiger partial charge on any atom is 0.515 e. The van der Waals surface area contributed by atoms with E-state index in [0.717, 1.165) is 0 Å². The van der Waals surface area contributed by atoms with Crippen molar-refractivity contribution in [1.82, 2.24) is 0 Å². The van der Waals surface area contributed by atoms with Crippen molar-refractivity contribution in [1.29, 1.82) is 5.26 Å². The molecule has 0 unspecified atom stereocenters. The third-order valence-electron chi connectivity index (χ3n) is 1.42. The molecule has 0 aliphatic heterocycles. The molecule has 1 rings (SSSR count). The molecule has 0 aliphatic rings. The number of halogens is 3. The van der Waals surface area contributed by atoms with E-state index in [4.69, 9.17) is 5.26 Å². The Morgan fingerprint density at radius 2 is 1.79 bits per heavy atom. The monoisotopic (exact) mass is 200 g/mol. The van der Waals surface area contributed by atoms with E-state index >= 15 is 0 Å². The summed E-state index contributed by atoms with van der Waals surface area (Å²) in [6.45, 7) is -6.19. The number of hydrogen-bond donors (Lipinski definition) is 0. The minimum atomic E-state index is -4.93. The van der Waals surface area contributed by atoms with Crippen molar-refractivity contribution in [3.8, 4) is 11.8 Å². The second-order valence-electron chi connectivity index (χ2n) is 2.66. The highest BCUT2D eigenvalue weighted by Crippen LogP contribution is 2.15. The van der Waals surface area contributed by atoms with Gasteiger partial charge >= 0.3 is 6.98 Å². The van der Waals surface area contributed by atoms with Crippen molar-refractivity contribution in [3.05, 3.63) is 29.8 Å². The highest BCUT2D eigenvalue weighted by Gasteiger charge is 2.23. The molecule has 0 fully saturated rings. The SMILES string of the molecule is N#Cc1ccc(OC[B-](F)(F)F)cc1. The normalized spacial score (nSPS) is 10.7. The predicted molar refractivity (Wildman–Crippen MR) is 45.7 cm³/mol. The Morgan fingerprint density at radius 1 is 1.21 bits per heavy atom. The molecule has 1 aromatic carbocycles. The van der Waals surface area contributed by atoms with Crippen LogP contribution in [0.2, 0.25) is 0 Å². The third-order valence-corrected chi connectivity index (χ3v) is 1.42. The summed E-state index contributed by atoms with van der Waals surface area (Å²) in [4.78, 5) is 0. The van der Waals surface area contributed by atoms with Gasteiger partial charge in [-0.3, -0.25) is 0 Å². The molecule has 0 radical (unpaired) electrons. The van der Waals surface area contributed by atoms with Crippen molar-refractivity contribution in [2.75, 3.05) is 6.51 Å². The lowest BCUT2D eigenvalue weighted by atomic mass is 9.95. The van der Waals surface area contributed by atoms with E-state index < -0.39 is 13.5 Å². The van der Waals surface area contributed by atoms with Crippen LogP contribution < -0.4 is 4.74 Å². The topological polar surface area (TPSA) is 33.0 Å². The fraction of sp³-hybridized carbons (Fsp3) is 0.125. The van der Waals surface area contributed by atoms with E-state index in [-0.39, 0.29) is 5.75 Å². The molecule has 74 valence electrons. The van der Waals surface area contributed by atoms with E-state index in [0.29, 0.717) is 5.56 Å². The standard InChI is InChI=1S/C8H6BF3NO/c10-9(11,12)6-14-8-3-1-7(5-13)2-4-8/h1-4H,6H2/q-1. The first kappa shape index (κ1) is 10.4. The minimum absolute atomic E-state index is 0.114. The Kier molecular flexibility index (Phi) is 3.02. The summed E-state index contributed by atoms with van der Waals surface area (Å²) in [7, 11) is 0. The van der Waals surface area contributed by atoms with Crippen LogP contribution in [0.25, 0.3) is 0 Å². The molecular formula is C8H6BF3NO-. The largest absolute Gasteiger partial charge is 0.522 e. The van der Waals surface area contributed by atoms with Crippen LogP contribution >= 0.6 is 0 Å². The van der Waals surface area contributed by atoms with Crippen LogP contribution in [0, 0.1) is 11.3 Å². The van der Waals surface area contributed by atoms with E-state index in [1.54, 1.807) is 0 Å². The lowest BCUT2D eigenvalue weighted by Gasteiger charge is -2.14. The fourth-order valence-corrected chi connectivity index (χ4v) is 0.816. The zero-order valence-corrected chi connectivity index (χ0v) is 7.08. The molecule has 0 saturated carbocycles. The zero-order chi connectivity index (χ0) is 10.6. The van der Waals surface area contributed by atoms with Gasteiger partial charge in [-0.05, 0) is 24.3 Å². The number of benzene rings is 1. The molecule has 0 aromatic heterocycles. The van der Waals surface area contributed by atoms with Gasteiger partial charge in [0.05, 0.1) is 18.1 Å². The Morgan fingerprint density at radius 3 is 2.21 bits per heavy atom. The molecule has 0 saturated heterocycles. The second-order valence-corrected chi connectivity index (χ2v) is 2.66. The number of nitrogens with zero attached hydrogens (tertiary/aromatic N) is 1. The Balaban J connectivity index is 2.58. The van der Waals surface area contributed by atoms with Gasteiger partial charge in [0, 0.05) is 0 Å². The summed E-state index contributed by atoms with van der Waals surface area (Å²) in [5.74, 6) is 0.114. The molecule has 1 aromatic rings. The first-order chi connectivity index (χ1) is 6.51. The number of rotatable bonds is 3. The lowest BCUT2D eigenvalue weighted by Crippen LogP contribution is -2.26. The van der Waals surface area contributed by atoms with Crippen LogP contribution in [0.15, 0.2) is 24.3 Å². The lowest BCUT2D eigenvalue weighted by molar-refractivity contribution is 0.313. The van der Waals surface area contributed by atoms with Crippen molar-refractivity contribution in [3.63, 3.8) is 0 Å². The molecule has 0 N–H and O–H groups in total. The van der Waals surface area contributed by atoms with Gasteiger partial charge in [-0.2, -0.15) is 5.26 Å². The number of nitriles is 1. The van der Waals surface area contributed by atoms with Gasteiger partial charge in [-0.25, -0.2) is 0 Å². The second kappa shape index (κ2) is 4.05. The predicted octanol–water partition coefficient (Wildman–Crippen LogP) is 2.32. The summed E-state index contributed by atoms with van der Waals surface area (Å²) in [5.41, 5.74) is 0.384. The summed E-state index contributed by atoms with van der Waals surface area (Å²) < 4.78 is 39.8. The average Bonchev–Trinajstić information content (AvgIpc) is 2.14. The smallest absolute Gasteiger partial charge is 0.515 e. The van der Waals surface area contributed by atoms with E-state index in [1.807, 2.05) is 6.07 Å². The van der Waals surface area contributed by atoms with Gasteiger partial charge in [0.1, 0.15) is 5.75 Å². The van der Waals surface area contributed by atoms with Crippen molar-refractivity contribution in [2.24, 2.45) is 0 Å². The number of hydrogen-bond acceptors (Lipinski definition) is 2. The molecule has 0 amide bonds. The zero-order valence-electron chi connectivity index (χ0n) is 7.08. The Bertz CT molecular complexity index is 341. The Hall–Kier alpha value is -1.64. The summed E-state index contributed by atoms with van der Waals surface area (Å²) in [5, 5.41) is 8.42. The maximum atomic E-state index is 11.8. The van der Waals surface area contributed by atoms with Crippen LogP contribution in [0.1, 0.15) is 5.56 Å².